The third-order valence-electron chi connectivity index (χ3n) is 1.42. The minimum atomic E-state index is -4.12. The van der Waals surface area contributed by atoms with Crippen molar-refractivity contribution in [3.63, 3.8) is 0 Å². The molecule has 82 valence electrons. The molecule has 0 fully saturated rings. The molecule has 0 aliphatic carbocycles. The van der Waals surface area contributed by atoms with Crippen LogP contribution in [0.25, 0.3) is 0 Å². The van der Waals surface area contributed by atoms with E-state index in [0.29, 0.717) is 0 Å². The van der Waals surface area contributed by atoms with E-state index in [2.05, 4.69) is 4.98 Å². The summed E-state index contributed by atoms with van der Waals surface area (Å²) in [5.74, 6) is -1.86. The number of primary amides is 1. The van der Waals surface area contributed by atoms with Crippen molar-refractivity contribution < 1.29 is 17.6 Å². The van der Waals surface area contributed by atoms with Crippen LogP contribution >= 0.6 is 0 Å². The first-order chi connectivity index (χ1) is 6.93. The SMILES string of the molecule is NC(=O)CNS(=O)(=O)c1ncccc1F. The molecule has 1 heterocycles. The molecule has 0 spiro atoms. The Morgan fingerprint density at radius 1 is 1.60 bits per heavy atom. The Labute approximate surface area is 85.4 Å². The van der Waals surface area contributed by atoms with Gasteiger partial charge in [-0.2, -0.15) is 0 Å². The molecule has 0 saturated heterocycles. The molecular formula is C7H8FN3O3S. The zero-order chi connectivity index (χ0) is 11.5. The average Bonchev–Trinajstić information content (AvgIpc) is 2.15. The number of hydrogen-bond donors (Lipinski definition) is 2. The van der Waals surface area contributed by atoms with E-state index in [9.17, 15) is 17.6 Å². The maximum atomic E-state index is 13.0. The van der Waals surface area contributed by atoms with Crippen molar-refractivity contribution in [1.29, 1.82) is 0 Å². The Morgan fingerprint density at radius 2 is 2.27 bits per heavy atom. The van der Waals surface area contributed by atoms with Gasteiger partial charge < -0.3 is 5.73 Å². The highest BCUT2D eigenvalue weighted by atomic mass is 32.2. The lowest BCUT2D eigenvalue weighted by atomic mass is 10.5. The Balaban J connectivity index is 2.97. The molecule has 15 heavy (non-hydrogen) atoms. The second-order valence-corrected chi connectivity index (χ2v) is 4.26. The Hall–Kier alpha value is -1.54. The maximum absolute atomic E-state index is 13.0. The van der Waals surface area contributed by atoms with Crippen LogP contribution in [0.15, 0.2) is 23.4 Å². The minimum absolute atomic E-state index is 0.599. The fourth-order valence-electron chi connectivity index (χ4n) is 0.803. The highest BCUT2D eigenvalue weighted by Gasteiger charge is 2.20. The lowest BCUT2D eigenvalue weighted by Crippen LogP contribution is -2.34. The number of carbonyl (C=O) groups excluding carboxylic acids is 1. The van der Waals surface area contributed by atoms with Crippen molar-refractivity contribution in [3.05, 3.63) is 24.1 Å². The number of nitrogens with zero attached hydrogens (tertiary/aromatic N) is 1. The third-order valence-corrected chi connectivity index (χ3v) is 2.75. The second-order valence-electron chi connectivity index (χ2n) is 2.58. The first-order valence-corrected chi connectivity index (χ1v) is 5.30. The molecular weight excluding hydrogens is 225 g/mol. The van der Waals surface area contributed by atoms with Gasteiger partial charge in [0, 0.05) is 6.20 Å². The van der Waals surface area contributed by atoms with Gasteiger partial charge in [-0.25, -0.2) is 22.5 Å². The zero-order valence-corrected chi connectivity index (χ0v) is 8.29. The number of nitrogens with one attached hydrogen (secondary N) is 1. The van der Waals surface area contributed by atoms with Crippen LogP contribution in [0.5, 0.6) is 0 Å². The average molecular weight is 233 g/mol. The first-order valence-electron chi connectivity index (χ1n) is 3.82. The van der Waals surface area contributed by atoms with Crippen LogP contribution in [0.2, 0.25) is 0 Å². The normalized spacial score (nSPS) is 11.3. The van der Waals surface area contributed by atoms with Crippen molar-refractivity contribution >= 4 is 15.9 Å². The number of pyridine rings is 1. The number of sulfonamides is 1. The summed E-state index contributed by atoms with van der Waals surface area (Å²) in [4.78, 5) is 13.7. The zero-order valence-electron chi connectivity index (χ0n) is 7.47. The smallest absolute Gasteiger partial charge is 0.261 e. The lowest BCUT2D eigenvalue weighted by molar-refractivity contribution is -0.116. The van der Waals surface area contributed by atoms with E-state index in [0.717, 1.165) is 12.3 Å². The van der Waals surface area contributed by atoms with Gasteiger partial charge in [0.15, 0.2) is 5.82 Å². The number of aromatic nitrogens is 1. The monoisotopic (exact) mass is 233 g/mol. The van der Waals surface area contributed by atoms with Gasteiger partial charge in [-0.05, 0) is 12.1 Å². The molecule has 3 N–H and O–H groups in total. The number of rotatable bonds is 4. The predicted molar refractivity (Wildman–Crippen MR) is 48.6 cm³/mol. The number of amides is 1. The second kappa shape index (κ2) is 4.32. The van der Waals surface area contributed by atoms with E-state index in [1.165, 1.54) is 6.07 Å². The van der Waals surface area contributed by atoms with E-state index >= 15 is 0 Å². The van der Waals surface area contributed by atoms with Crippen molar-refractivity contribution in [2.75, 3.05) is 6.54 Å². The summed E-state index contributed by atoms with van der Waals surface area (Å²) in [5, 5.41) is -0.758. The summed E-state index contributed by atoms with van der Waals surface area (Å²) < 4.78 is 37.5. The summed E-state index contributed by atoms with van der Waals surface area (Å²) in [5.41, 5.74) is 4.74. The van der Waals surface area contributed by atoms with E-state index < -0.39 is 33.3 Å². The fourth-order valence-corrected chi connectivity index (χ4v) is 1.80. The molecule has 0 aromatic carbocycles. The van der Waals surface area contributed by atoms with Gasteiger partial charge in [0.05, 0.1) is 6.54 Å². The van der Waals surface area contributed by atoms with Crippen LogP contribution in [0.1, 0.15) is 0 Å². The van der Waals surface area contributed by atoms with Crippen LogP contribution in [-0.2, 0) is 14.8 Å². The Bertz CT molecular complexity index is 474. The van der Waals surface area contributed by atoms with Crippen LogP contribution in [0.3, 0.4) is 0 Å². The van der Waals surface area contributed by atoms with E-state index in [1.807, 2.05) is 4.72 Å². The standard InChI is InChI=1S/C7H8FN3O3S/c8-5-2-1-3-10-7(5)15(13,14)11-4-6(9)12/h1-3,11H,4H2,(H2,9,12). The number of hydrogen-bond acceptors (Lipinski definition) is 4. The number of halogens is 1. The molecule has 1 aromatic rings. The van der Waals surface area contributed by atoms with Gasteiger partial charge in [-0.15, -0.1) is 0 Å². The molecule has 0 unspecified atom stereocenters. The summed E-state index contributed by atoms with van der Waals surface area (Å²) >= 11 is 0. The predicted octanol–water partition coefficient (Wildman–Crippen LogP) is -1.02. The third kappa shape index (κ3) is 2.96. The molecule has 0 atom stereocenters. The fraction of sp³-hybridized carbons (Fsp3) is 0.143. The summed E-state index contributed by atoms with van der Waals surface area (Å²) in [6.07, 6.45) is 1.13. The van der Waals surface area contributed by atoms with Gasteiger partial charge in [-0.1, -0.05) is 0 Å². The van der Waals surface area contributed by atoms with Gasteiger partial charge in [0.1, 0.15) is 0 Å². The van der Waals surface area contributed by atoms with Crippen LogP contribution in [0, 0.1) is 5.82 Å². The molecule has 1 aromatic heterocycles. The van der Waals surface area contributed by atoms with Gasteiger partial charge >= 0.3 is 0 Å². The van der Waals surface area contributed by atoms with Gasteiger partial charge in [0.2, 0.25) is 10.9 Å². The molecule has 0 radical (unpaired) electrons. The molecule has 6 nitrogen and oxygen atoms in total. The summed E-state index contributed by atoms with van der Waals surface area (Å²) in [6, 6.07) is 2.20. The van der Waals surface area contributed by atoms with Crippen LogP contribution in [0.4, 0.5) is 4.39 Å². The molecule has 0 bridgehead atoms. The van der Waals surface area contributed by atoms with E-state index in [4.69, 9.17) is 5.73 Å². The van der Waals surface area contributed by atoms with Crippen LogP contribution in [-0.4, -0.2) is 25.9 Å². The quantitative estimate of drug-likeness (QED) is 0.695. The van der Waals surface area contributed by atoms with Gasteiger partial charge in [0.25, 0.3) is 10.0 Å². The van der Waals surface area contributed by atoms with E-state index in [-0.39, 0.29) is 0 Å². The van der Waals surface area contributed by atoms with Crippen LogP contribution < -0.4 is 10.5 Å². The van der Waals surface area contributed by atoms with Crippen molar-refractivity contribution in [1.82, 2.24) is 9.71 Å². The van der Waals surface area contributed by atoms with Crippen molar-refractivity contribution in [3.8, 4) is 0 Å². The lowest BCUT2D eigenvalue weighted by Gasteiger charge is -2.03. The molecule has 0 aliphatic rings. The minimum Gasteiger partial charge on any atom is -0.369 e. The maximum Gasteiger partial charge on any atom is 0.261 e. The highest BCUT2D eigenvalue weighted by molar-refractivity contribution is 7.89. The molecule has 1 rings (SSSR count). The number of carbonyl (C=O) groups is 1. The molecule has 8 heteroatoms. The molecule has 1 amide bonds. The first kappa shape index (κ1) is 11.5. The van der Waals surface area contributed by atoms with Gasteiger partial charge in [-0.3, -0.25) is 4.79 Å². The van der Waals surface area contributed by atoms with E-state index in [1.54, 1.807) is 0 Å². The van der Waals surface area contributed by atoms with Crippen molar-refractivity contribution in [2.45, 2.75) is 5.03 Å². The van der Waals surface area contributed by atoms with Crippen molar-refractivity contribution in [2.24, 2.45) is 5.73 Å². The largest absolute Gasteiger partial charge is 0.369 e. The summed E-state index contributed by atoms with van der Waals surface area (Å²) in [7, 11) is -4.12. The summed E-state index contributed by atoms with van der Waals surface area (Å²) in [6.45, 7) is -0.599. The topological polar surface area (TPSA) is 102 Å². The molecule has 0 saturated carbocycles. The Kier molecular flexibility index (Phi) is 3.32. The highest BCUT2D eigenvalue weighted by Crippen LogP contribution is 2.08. The number of nitrogens with two attached hydrogens (primary N) is 1. The molecule has 0 aliphatic heterocycles. The Morgan fingerprint density at radius 3 is 2.80 bits per heavy atom.